The van der Waals surface area contributed by atoms with Crippen LogP contribution in [0.1, 0.15) is 18.4 Å². The molecule has 0 bridgehead atoms. The number of hydrogen-bond acceptors (Lipinski definition) is 5. The lowest BCUT2D eigenvalue weighted by atomic mass is 10.1. The molecular formula is C16H26N2O3. The van der Waals surface area contributed by atoms with Gasteiger partial charge in [0.15, 0.2) is 0 Å². The lowest BCUT2D eigenvalue weighted by Crippen LogP contribution is -2.13. The molecule has 0 aliphatic carbocycles. The van der Waals surface area contributed by atoms with Gasteiger partial charge in [-0.25, -0.2) is 0 Å². The second-order valence-electron chi connectivity index (χ2n) is 4.70. The van der Waals surface area contributed by atoms with E-state index in [1.54, 1.807) is 0 Å². The van der Waals surface area contributed by atoms with E-state index in [-0.39, 0.29) is 0 Å². The van der Waals surface area contributed by atoms with Crippen LogP contribution < -0.4 is 11.1 Å². The third kappa shape index (κ3) is 9.18. The molecule has 0 aliphatic heterocycles. The van der Waals surface area contributed by atoms with Gasteiger partial charge < -0.3 is 25.3 Å². The summed E-state index contributed by atoms with van der Waals surface area (Å²) in [6, 6.07) is 8.19. The van der Waals surface area contributed by atoms with E-state index in [9.17, 15) is 4.79 Å². The summed E-state index contributed by atoms with van der Waals surface area (Å²) in [6.07, 6.45) is 3.29. The van der Waals surface area contributed by atoms with E-state index >= 15 is 0 Å². The Hall–Kier alpha value is -1.43. The molecule has 0 aliphatic rings. The topological polar surface area (TPSA) is 73.6 Å². The molecule has 0 saturated carbocycles. The number of benzene rings is 1. The van der Waals surface area contributed by atoms with E-state index in [1.165, 1.54) is 5.56 Å². The molecule has 5 heteroatoms. The summed E-state index contributed by atoms with van der Waals surface area (Å²) in [4.78, 5) is 10.3. The minimum atomic E-state index is 0.553. The second-order valence-corrected chi connectivity index (χ2v) is 4.70. The summed E-state index contributed by atoms with van der Waals surface area (Å²) < 4.78 is 10.7. The van der Waals surface area contributed by atoms with Crippen LogP contribution >= 0.6 is 0 Å². The van der Waals surface area contributed by atoms with Crippen molar-refractivity contribution in [3.8, 4) is 0 Å². The largest absolute Gasteiger partial charge is 0.385 e. The first-order chi connectivity index (χ1) is 10.4. The highest BCUT2D eigenvalue weighted by molar-refractivity contribution is 5.51. The molecule has 1 aromatic carbocycles. The molecule has 0 saturated heterocycles. The SMILES string of the molecule is NCCOCCOCCCNc1ccc(CCC=O)cc1. The standard InChI is InChI=1S/C16H26N2O3/c17-8-12-21-14-13-20-11-2-9-18-16-6-4-15(5-7-16)3-1-10-19/h4-7,10,18H,1-3,8-9,11-14,17H2. The van der Waals surface area contributed by atoms with Crippen molar-refractivity contribution < 1.29 is 14.3 Å². The number of aryl methyl sites for hydroxylation is 1. The molecule has 21 heavy (non-hydrogen) atoms. The normalized spacial score (nSPS) is 10.5. The molecule has 0 unspecified atom stereocenters. The van der Waals surface area contributed by atoms with E-state index in [0.29, 0.717) is 32.8 Å². The van der Waals surface area contributed by atoms with Crippen molar-refractivity contribution in [1.82, 2.24) is 0 Å². The summed E-state index contributed by atoms with van der Waals surface area (Å²) >= 11 is 0. The highest BCUT2D eigenvalue weighted by Crippen LogP contribution is 2.10. The van der Waals surface area contributed by atoms with Crippen LogP contribution in [-0.4, -0.2) is 45.8 Å². The van der Waals surface area contributed by atoms with E-state index in [2.05, 4.69) is 17.4 Å². The summed E-state index contributed by atoms with van der Waals surface area (Å²) in [5.74, 6) is 0. The van der Waals surface area contributed by atoms with Crippen molar-refractivity contribution >= 4 is 12.0 Å². The Kier molecular flexibility index (Phi) is 10.3. The summed E-state index contributed by atoms with van der Waals surface area (Å²) in [5.41, 5.74) is 7.59. The zero-order valence-electron chi connectivity index (χ0n) is 12.6. The van der Waals surface area contributed by atoms with Gasteiger partial charge >= 0.3 is 0 Å². The predicted octanol–water partition coefficient (Wildman–Crippen LogP) is 1.61. The fraction of sp³-hybridized carbons (Fsp3) is 0.562. The molecule has 0 heterocycles. The molecule has 5 nitrogen and oxygen atoms in total. The van der Waals surface area contributed by atoms with Crippen molar-refractivity contribution in [2.45, 2.75) is 19.3 Å². The van der Waals surface area contributed by atoms with Gasteiger partial charge in [-0.2, -0.15) is 0 Å². The number of ether oxygens (including phenoxy) is 2. The fourth-order valence-corrected chi connectivity index (χ4v) is 1.83. The lowest BCUT2D eigenvalue weighted by Gasteiger charge is -2.08. The number of carbonyl (C=O) groups is 1. The Morgan fingerprint density at radius 2 is 1.76 bits per heavy atom. The van der Waals surface area contributed by atoms with E-state index in [1.807, 2.05) is 12.1 Å². The molecule has 0 aromatic heterocycles. The van der Waals surface area contributed by atoms with Gasteiger partial charge in [-0.05, 0) is 30.5 Å². The molecule has 118 valence electrons. The zero-order valence-corrected chi connectivity index (χ0v) is 12.6. The summed E-state index contributed by atoms with van der Waals surface area (Å²) in [6.45, 7) is 3.96. The quantitative estimate of drug-likeness (QED) is 0.427. The number of anilines is 1. The van der Waals surface area contributed by atoms with Gasteiger partial charge in [0, 0.05) is 31.8 Å². The van der Waals surface area contributed by atoms with Gasteiger partial charge in [0.1, 0.15) is 6.29 Å². The molecule has 3 N–H and O–H groups in total. The average molecular weight is 294 g/mol. The van der Waals surface area contributed by atoms with Gasteiger partial charge in [0.25, 0.3) is 0 Å². The second kappa shape index (κ2) is 12.3. The molecular weight excluding hydrogens is 268 g/mol. The maximum atomic E-state index is 10.3. The highest BCUT2D eigenvalue weighted by atomic mass is 16.5. The van der Waals surface area contributed by atoms with Gasteiger partial charge in [-0.3, -0.25) is 0 Å². The molecule has 0 amide bonds. The van der Waals surface area contributed by atoms with E-state index in [0.717, 1.165) is 38.0 Å². The van der Waals surface area contributed by atoms with Crippen molar-refractivity contribution in [2.75, 3.05) is 44.8 Å². The Labute approximate surface area is 126 Å². The highest BCUT2D eigenvalue weighted by Gasteiger charge is 1.95. The summed E-state index contributed by atoms with van der Waals surface area (Å²) in [5, 5.41) is 3.34. The van der Waals surface area contributed by atoms with Crippen LogP contribution in [0.2, 0.25) is 0 Å². The summed E-state index contributed by atoms with van der Waals surface area (Å²) in [7, 11) is 0. The third-order valence-corrected chi connectivity index (χ3v) is 2.93. The number of nitrogens with one attached hydrogen (secondary N) is 1. The van der Waals surface area contributed by atoms with Crippen molar-refractivity contribution in [3.63, 3.8) is 0 Å². The van der Waals surface area contributed by atoms with Gasteiger partial charge in [-0.15, -0.1) is 0 Å². The zero-order chi connectivity index (χ0) is 15.2. The number of carbonyl (C=O) groups excluding carboxylic acids is 1. The Balaban J connectivity index is 2.01. The van der Waals surface area contributed by atoms with Crippen LogP contribution in [-0.2, 0) is 20.7 Å². The van der Waals surface area contributed by atoms with E-state index in [4.69, 9.17) is 15.2 Å². The van der Waals surface area contributed by atoms with Crippen LogP contribution in [0.4, 0.5) is 5.69 Å². The number of hydrogen-bond donors (Lipinski definition) is 2. The van der Waals surface area contributed by atoms with Crippen LogP contribution in [0.15, 0.2) is 24.3 Å². The molecule has 1 aromatic rings. The fourth-order valence-electron chi connectivity index (χ4n) is 1.83. The number of rotatable bonds is 13. The van der Waals surface area contributed by atoms with Crippen molar-refractivity contribution in [3.05, 3.63) is 29.8 Å². The molecule has 0 fully saturated rings. The Morgan fingerprint density at radius 1 is 1.05 bits per heavy atom. The van der Waals surface area contributed by atoms with E-state index < -0.39 is 0 Å². The number of nitrogens with two attached hydrogens (primary N) is 1. The van der Waals surface area contributed by atoms with Gasteiger partial charge in [-0.1, -0.05) is 12.1 Å². The first-order valence-corrected chi connectivity index (χ1v) is 7.49. The number of aldehydes is 1. The predicted molar refractivity (Wildman–Crippen MR) is 84.6 cm³/mol. The lowest BCUT2D eigenvalue weighted by molar-refractivity contribution is -0.107. The van der Waals surface area contributed by atoms with Gasteiger partial charge in [0.05, 0.1) is 19.8 Å². The minimum absolute atomic E-state index is 0.553. The van der Waals surface area contributed by atoms with Crippen LogP contribution in [0, 0.1) is 0 Å². The molecule has 0 spiro atoms. The van der Waals surface area contributed by atoms with Crippen molar-refractivity contribution in [2.24, 2.45) is 5.73 Å². The van der Waals surface area contributed by atoms with Crippen LogP contribution in [0.3, 0.4) is 0 Å². The molecule has 1 rings (SSSR count). The smallest absolute Gasteiger partial charge is 0.120 e. The first-order valence-electron chi connectivity index (χ1n) is 7.49. The van der Waals surface area contributed by atoms with Crippen molar-refractivity contribution in [1.29, 1.82) is 0 Å². The molecule has 0 atom stereocenters. The Morgan fingerprint density at radius 3 is 2.43 bits per heavy atom. The maximum absolute atomic E-state index is 10.3. The monoisotopic (exact) mass is 294 g/mol. The van der Waals surface area contributed by atoms with Crippen LogP contribution in [0.25, 0.3) is 0 Å². The van der Waals surface area contributed by atoms with Crippen LogP contribution in [0.5, 0.6) is 0 Å². The van der Waals surface area contributed by atoms with Gasteiger partial charge in [0.2, 0.25) is 0 Å². The average Bonchev–Trinajstić information content (AvgIpc) is 2.52. The third-order valence-electron chi connectivity index (χ3n) is 2.93. The molecule has 0 radical (unpaired) electrons. The minimum Gasteiger partial charge on any atom is -0.385 e. The first kappa shape index (κ1) is 17.6. The Bertz CT molecular complexity index is 368. The maximum Gasteiger partial charge on any atom is 0.120 e.